The average Bonchev–Trinajstić information content (AvgIpc) is 2.83. The van der Waals surface area contributed by atoms with Crippen LogP contribution in [-0.2, 0) is 6.61 Å². The molecule has 6 heteroatoms. The number of benzene rings is 1. The molecule has 0 atom stereocenters. The number of rotatable bonds is 3. The third-order valence-corrected chi connectivity index (χ3v) is 2.96. The molecule has 0 radical (unpaired) electrons. The maximum Gasteiger partial charge on any atom is 0.177 e. The minimum absolute atomic E-state index is 0.289. The largest absolute Gasteiger partial charge is 0.486 e. The third kappa shape index (κ3) is 2.32. The Labute approximate surface area is 114 Å². The molecule has 1 aromatic carbocycles. The predicted molar refractivity (Wildman–Crippen MR) is 73.2 cm³/mol. The maximum atomic E-state index is 5.90. The first-order chi connectivity index (χ1) is 9.24. The van der Waals surface area contributed by atoms with Crippen LogP contribution < -0.4 is 10.5 Å². The lowest BCUT2D eigenvalue weighted by atomic mass is 10.3. The van der Waals surface area contributed by atoms with Crippen LogP contribution in [0, 0.1) is 0 Å². The molecule has 0 aliphatic rings. The van der Waals surface area contributed by atoms with Crippen LogP contribution in [0.4, 0.5) is 5.82 Å². The van der Waals surface area contributed by atoms with Crippen LogP contribution in [0.2, 0.25) is 5.02 Å². The number of nitrogens with zero attached hydrogens (tertiary/aromatic N) is 3. The van der Waals surface area contributed by atoms with Gasteiger partial charge in [-0.15, -0.1) is 10.2 Å². The molecule has 0 aliphatic heterocycles. The molecule has 2 aromatic heterocycles. The van der Waals surface area contributed by atoms with E-state index in [2.05, 4.69) is 10.2 Å². The highest BCUT2D eigenvalue weighted by atomic mass is 35.5. The first kappa shape index (κ1) is 11.8. The fourth-order valence-corrected chi connectivity index (χ4v) is 1.93. The highest BCUT2D eigenvalue weighted by molar-refractivity contribution is 6.30. The first-order valence-electron chi connectivity index (χ1n) is 5.71. The third-order valence-electron chi connectivity index (χ3n) is 2.71. The van der Waals surface area contributed by atoms with E-state index in [1.54, 1.807) is 34.7 Å². The molecule has 0 saturated carbocycles. The number of nitrogens with two attached hydrogens (primary N) is 1. The van der Waals surface area contributed by atoms with Gasteiger partial charge < -0.3 is 10.5 Å². The summed E-state index contributed by atoms with van der Waals surface area (Å²) in [5, 5.41) is 8.78. The Balaban J connectivity index is 1.84. The second-order valence-corrected chi connectivity index (χ2v) is 4.44. The number of ether oxygens (including phenoxy) is 1. The predicted octanol–water partition coefficient (Wildman–Crippen LogP) is 2.54. The van der Waals surface area contributed by atoms with Crippen molar-refractivity contribution in [2.24, 2.45) is 0 Å². The van der Waals surface area contributed by atoms with E-state index in [4.69, 9.17) is 22.1 Å². The van der Waals surface area contributed by atoms with Gasteiger partial charge in [-0.05, 0) is 36.4 Å². The lowest BCUT2D eigenvalue weighted by Gasteiger charge is -2.06. The summed E-state index contributed by atoms with van der Waals surface area (Å²) in [6.45, 7) is 0.289. The monoisotopic (exact) mass is 274 g/mol. The molecule has 19 heavy (non-hydrogen) atoms. The van der Waals surface area contributed by atoms with E-state index >= 15 is 0 Å². The summed E-state index contributed by atoms with van der Waals surface area (Å²) in [7, 11) is 0. The van der Waals surface area contributed by atoms with Crippen molar-refractivity contribution in [3.8, 4) is 5.75 Å². The van der Waals surface area contributed by atoms with E-state index in [1.807, 2.05) is 12.1 Å². The first-order valence-corrected chi connectivity index (χ1v) is 6.09. The molecule has 0 saturated heterocycles. The normalized spacial score (nSPS) is 10.8. The molecule has 0 amide bonds. The zero-order valence-corrected chi connectivity index (χ0v) is 10.7. The van der Waals surface area contributed by atoms with Crippen molar-refractivity contribution < 1.29 is 4.74 Å². The molecule has 2 heterocycles. The summed E-state index contributed by atoms with van der Waals surface area (Å²) in [5.41, 5.74) is 6.60. The lowest BCUT2D eigenvalue weighted by molar-refractivity contribution is 0.294. The van der Waals surface area contributed by atoms with Crippen LogP contribution in [0.3, 0.4) is 0 Å². The van der Waals surface area contributed by atoms with Gasteiger partial charge in [-0.3, -0.25) is 4.40 Å². The van der Waals surface area contributed by atoms with E-state index in [-0.39, 0.29) is 6.61 Å². The topological polar surface area (TPSA) is 65.4 Å². The molecular weight excluding hydrogens is 264 g/mol. The fourth-order valence-electron chi connectivity index (χ4n) is 1.80. The highest BCUT2D eigenvalue weighted by Gasteiger charge is 2.08. The SMILES string of the molecule is Nc1cccc2nnc(COc3ccc(Cl)cc3)n12. The van der Waals surface area contributed by atoms with Gasteiger partial charge in [0.15, 0.2) is 11.5 Å². The van der Waals surface area contributed by atoms with Crippen molar-refractivity contribution in [3.63, 3.8) is 0 Å². The van der Waals surface area contributed by atoms with Crippen LogP contribution in [0.15, 0.2) is 42.5 Å². The summed E-state index contributed by atoms with van der Waals surface area (Å²) in [5.74, 6) is 1.95. The second kappa shape index (κ2) is 4.78. The molecule has 3 rings (SSSR count). The Morgan fingerprint density at radius 3 is 2.68 bits per heavy atom. The van der Waals surface area contributed by atoms with Gasteiger partial charge in [-0.1, -0.05) is 17.7 Å². The van der Waals surface area contributed by atoms with Crippen molar-refractivity contribution in [1.29, 1.82) is 0 Å². The van der Waals surface area contributed by atoms with Gasteiger partial charge in [0.2, 0.25) is 0 Å². The number of anilines is 1. The standard InChI is InChI=1S/C13H11ClN4O/c14-9-4-6-10(7-5-9)19-8-13-17-16-12-3-1-2-11(15)18(12)13/h1-7H,8,15H2. The minimum Gasteiger partial charge on any atom is -0.486 e. The summed E-state index contributed by atoms with van der Waals surface area (Å²) in [6.07, 6.45) is 0. The van der Waals surface area contributed by atoms with Crippen molar-refractivity contribution in [2.75, 3.05) is 5.73 Å². The van der Waals surface area contributed by atoms with Crippen LogP contribution in [0.25, 0.3) is 5.65 Å². The number of pyridine rings is 1. The number of nitrogen functional groups attached to an aromatic ring is 1. The molecule has 0 fully saturated rings. The van der Waals surface area contributed by atoms with Gasteiger partial charge in [0.1, 0.15) is 18.2 Å². The van der Waals surface area contributed by atoms with E-state index in [1.165, 1.54) is 0 Å². The number of hydrogen-bond donors (Lipinski definition) is 1. The van der Waals surface area contributed by atoms with E-state index in [0.29, 0.717) is 22.3 Å². The Bertz CT molecular complexity index is 708. The Morgan fingerprint density at radius 2 is 1.89 bits per heavy atom. The molecular formula is C13H11ClN4O. The van der Waals surface area contributed by atoms with E-state index in [0.717, 1.165) is 5.75 Å². The van der Waals surface area contributed by atoms with Crippen molar-refractivity contribution in [3.05, 3.63) is 53.3 Å². The average molecular weight is 275 g/mol. The molecule has 2 N–H and O–H groups in total. The molecule has 0 bridgehead atoms. The van der Waals surface area contributed by atoms with Crippen LogP contribution in [0.5, 0.6) is 5.75 Å². The van der Waals surface area contributed by atoms with E-state index in [9.17, 15) is 0 Å². The Kier molecular flexibility index (Phi) is 2.97. The quantitative estimate of drug-likeness (QED) is 0.797. The molecule has 0 aliphatic carbocycles. The Hall–Kier alpha value is -2.27. The van der Waals surface area contributed by atoms with Gasteiger partial charge >= 0.3 is 0 Å². The minimum atomic E-state index is 0.289. The maximum absolute atomic E-state index is 5.90. The Morgan fingerprint density at radius 1 is 1.11 bits per heavy atom. The van der Waals surface area contributed by atoms with Gasteiger partial charge in [-0.2, -0.15) is 0 Å². The molecule has 5 nitrogen and oxygen atoms in total. The smallest absolute Gasteiger partial charge is 0.177 e. The summed E-state index contributed by atoms with van der Waals surface area (Å²) >= 11 is 5.81. The molecule has 3 aromatic rings. The molecule has 0 spiro atoms. The summed E-state index contributed by atoms with van der Waals surface area (Å²) < 4.78 is 7.39. The van der Waals surface area contributed by atoms with E-state index < -0.39 is 0 Å². The van der Waals surface area contributed by atoms with Gasteiger partial charge in [0.05, 0.1) is 0 Å². The summed E-state index contributed by atoms with van der Waals surface area (Å²) in [6, 6.07) is 12.6. The summed E-state index contributed by atoms with van der Waals surface area (Å²) in [4.78, 5) is 0. The van der Waals surface area contributed by atoms with Gasteiger partial charge in [0.25, 0.3) is 0 Å². The second-order valence-electron chi connectivity index (χ2n) is 4.00. The number of aromatic nitrogens is 3. The highest BCUT2D eigenvalue weighted by Crippen LogP contribution is 2.17. The zero-order chi connectivity index (χ0) is 13.2. The van der Waals surface area contributed by atoms with Crippen molar-refractivity contribution in [2.45, 2.75) is 6.61 Å². The number of hydrogen-bond acceptors (Lipinski definition) is 4. The fraction of sp³-hybridized carbons (Fsp3) is 0.0769. The lowest BCUT2D eigenvalue weighted by Crippen LogP contribution is -2.04. The zero-order valence-electron chi connectivity index (χ0n) is 9.95. The van der Waals surface area contributed by atoms with Crippen molar-refractivity contribution in [1.82, 2.24) is 14.6 Å². The van der Waals surface area contributed by atoms with Crippen molar-refractivity contribution >= 4 is 23.1 Å². The van der Waals surface area contributed by atoms with Crippen LogP contribution >= 0.6 is 11.6 Å². The molecule has 96 valence electrons. The number of halogens is 1. The van der Waals surface area contributed by atoms with Crippen LogP contribution in [-0.4, -0.2) is 14.6 Å². The number of fused-ring (bicyclic) bond motifs is 1. The van der Waals surface area contributed by atoms with Gasteiger partial charge in [-0.25, -0.2) is 0 Å². The van der Waals surface area contributed by atoms with Gasteiger partial charge in [0, 0.05) is 5.02 Å². The van der Waals surface area contributed by atoms with Crippen LogP contribution in [0.1, 0.15) is 5.82 Å². The molecule has 0 unspecified atom stereocenters.